The lowest BCUT2D eigenvalue weighted by Crippen LogP contribution is -2.15. The van der Waals surface area contributed by atoms with Gasteiger partial charge in [-0.3, -0.25) is 9.36 Å². The summed E-state index contributed by atoms with van der Waals surface area (Å²) >= 11 is 1.21. The second kappa shape index (κ2) is 10.6. The number of thioether (sulfide) groups is 1. The fraction of sp³-hybridized carbons (Fsp3) is 0.0800. The molecule has 0 aliphatic rings. The minimum Gasteiger partial charge on any atom is -0.455 e. The molecular formula is C25H21FN4O2S. The van der Waals surface area contributed by atoms with Crippen LogP contribution < -0.4 is 10.1 Å². The third-order valence-corrected chi connectivity index (χ3v) is 5.57. The van der Waals surface area contributed by atoms with Gasteiger partial charge in [-0.2, -0.15) is 0 Å². The minimum absolute atomic E-state index is 0.0895. The van der Waals surface area contributed by atoms with Gasteiger partial charge in [-0.25, -0.2) is 4.39 Å². The van der Waals surface area contributed by atoms with Crippen LogP contribution >= 0.6 is 11.8 Å². The number of nitrogens with zero attached hydrogens (tertiary/aromatic N) is 3. The van der Waals surface area contributed by atoms with Crippen LogP contribution in [-0.2, 0) is 11.3 Å². The Morgan fingerprint density at radius 2 is 1.76 bits per heavy atom. The van der Waals surface area contributed by atoms with Gasteiger partial charge in [-0.15, -0.1) is 16.8 Å². The molecule has 0 aliphatic heterocycles. The molecule has 33 heavy (non-hydrogen) atoms. The zero-order chi connectivity index (χ0) is 23.0. The lowest BCUT2D eigenvalue weighted by atomic mass is 10.2. The van der Waals surface area contributed by atoms with Crippen LogP contribution in [0.2, 0.25) is 0 Å². The number of aromatic nitrogens is 3. The van der Waals surface area contributed by atoms with Gasteiger partial charge in [0.2, 0.25) is 5.91 Å². The Balaban J connectivity index is 1.46. The molecule has 1 amide bonds. The molecule has 0 spiro atoms. The van der Waals surface area contributed by atoms with Gasteiger partial charge in [0.25, 0.3) is 0 Å². The summed E-state index contributed by atoms with van der Waals surface area (Å²) in [5.41, 5.74) is 0.904. The highest BCUT2D eigenvalue weighted by molar-refractivity contribution is 7.99. The van der Waals surface area contributed by atoms with Crippen LogP contribution in [0.5, 0.6) is 11.5 Å². The molecular weight excluding hydrogens is 439 g/mol. The van der Waals surface area contributed by atoms with E-state index in [4.69, 9.17) is 4.74 Å². The van der Waals surface area contributed by atoms with Crippen LogP contribution in [0, 0.1) is 5.82 Å². The standard InChI is InChI=1S/C25H21FN4O2S/c1-2-16-30-24(19-12-6-7-13-20(19)26)28-29-25(30)33-17-23(31)27-21-14-8-9-15-22(21)32-18-10-4-3-5-11-18/h2-15H,1,16-17H2,(H,27,31). The normalized spacial score (nSPS) is 10.6. The first-order valence-corrected chi connectivity index (χ1v) is 11.2. The highest BCUT2D eigenvalue weighted by atomic mass is 32.2. The van der Waals surface area contributed by atoms with Crippen molar-refractivity contribution in [1.82, 2.24) is 14.8 Å². The number of hydrogen-bond acceptors (Lipinski definition) is 5. The molecule has 0 unspecified atom stereocenters. The van der Waals surface area contributed by atoms with Gasteiger partial charge in [0.05, 0.1) is 17.0 Å². The molecule has 3 aromatic carbocycles. The summed E-state index contributed by atoms with van der Waals surface area (Å²) in [6.07, 6.45) is 1.68. The summed E-state index contributed by atoms with van der Waals surface area (Å²) in [4.78, 5) is 12.7. The molecule has 4 aromatic rings. The van der Waals surface area contributed by atoms with Crippen LogP contribution in [0.4, 0.5) is 10.1 Å². The maximum absolute atomic E-state index is 14.3. The molecule has 0 aliphatic carbocycles. The number of halogens is 1. The lowest BCUT2D eigenvalue weighted by molar-refractivity contribution is -0.113. The Kier molecular flexibility index (Phi) is 7.16. The summed E-state index contributed by atoms with van der Waals surface area (Å²) in [7, 11) is 0. The minimum atomic E-state index is -0.389. The van der Waals surface area contributed by atoms with Crippen LogP contribution in [0.1, 0.15) is 0 Å². The third kappa shape index (κ3) is 5.48. The smallest absolute Gasteiger partial charge is 0.234 e. The number of carbonyl (C=O) groups excluding carboxylic acids is 1. The highest BCUT2D eigenvalue weighted by Crippen LogP contribution is 2.30. The van der Waals surface area contributed by atoms with Crippen molar-refractivity contribution in [2.45, 2.75) is 11.7 Å². The van der Waals surface area contributed by atoms with Crippen LogP contribution in [0.3, 0.4) is 0 Å². The molecule has 1 N–H and O–H groups in total. The van der Waals surface area contributed by atoms with E-state index in [9.17, 15) is 9.18 Å². The van der Waals surface area contributed by atoms with Gasteiger partial charge in [0.1, 0.15) is 11.6 Å². The third-order valence-electron chi connectivity index (χ3n) is 4.61. The molecule has 0 saturated carbocycles. The number of carbonyl (C=O) groups is 1. The summed E-state index contributed by atoms with van der Waals surface area (Å²) in [6.45, 7) is 4.14. The number of nitrogens with one attached hydrogen (secondary N) is 1. The van der Waals surface area contributed by atoms with E-state index in [1.54, 1.807) is 41.0 Å². The Labute approximate surface area is 195 Å². The topological polar surface area (TPSA) is 69.0 Å². The SMILES string of the molecule is C=CCn1c(SCC(=O)Nc2ccccc2Oc2ccccc2)nnc1-c1ccccc1F. The van der Waals surface area contributed by atoms with Gasteiger partial charge in [0, 0.05) is 6.54 Å². The van der Waals surface area contributed by atoms with E-state index in [0.717, 1.165) is 0 Å². The molecule has 6 nitrogen and oxygen atoms in total. The van der Waals surface area contributed by atoms with Gasteiger partial charge in [0.15, 0.2) is 16.7 Å². The Bertz CT molecular complexity index is 1260. The van der Waals surface area contributed by atoms with Crippen LogP contribution in [0.25, 0.3) is 11.4 Å². The van der Waals surface area contributed by atoms with E-state index in [-0.39, 0.29) is 17.5 Å². The average molecular weight is 461 g/mol. The van der Waals surface area contributed by atoms with Crippen LogP contribution in [0.15, 0.2) is 96.7 Å². The fourth-order valence-electron chi connectivity index (χ4n) is 3.12. The van der Waals surface area contributed by atoms with Crippen molar-refractivity contribution < 1.29 is 13.9 Å². The monoisotopic (exact) mass is 460 g/mol. The van der Waals surface area contributed by atoms with Crippen molar-refractivity contribution in [1.29, 1.82) is 0 Å². The van der Waals surface area contributed by atoms with Gasteiger partial charge >= 0.3 is 0 Å². The number of ether oxygens (including phenoxy) is 1. The van der Waals surface area contributed by atoms with E-state index in [1.165, 1.54) is 17.8 Å². The molecule has 0 bridgehead atoms. The van der Waals surface area contributed by atoms with E-state index >= 15 is 0 Å². The number of amides is 1. The number of allylic oxidation sites excluding steroid dienone is 1. The van der Waals surface area contributed by atoms with Gasteiger partial charge in [-0.1, -0.05) is 60.3 Å². The quantitative estimate of drug-likeness (QED) is 0.253. The number of hydrogen-bond donors (Lipinski definition) is 1. The van der Waals surface area contributed by atoms with Crippen molar-refractivity contribution in [3.63, 3.8) is 0 Å². The zero-order valence-corrected chi connectivity index (χ0v) is 18.5. The first-order chi connectivity index (χ1) is 16.2. The molecule has 166 valence electrons. The Morgan fingerprint density at radius 1 is 1.03 bits per heavy atom. The largest absolute Gasteiger partial charge is 0.455 e. The summed E-state index contributed by atoms with van der Waals surface area (Å²) in [5, 5.41) is 11.7. The first kappa shape index (κ1) is 22.3. The van der Waals surface area contributed by atoms with E-state index in [1.807, 2.05) is 42.5 Å². The highest BCUT2D eigenvalue weighted by Gasteiger charge is 2.18. The maximum Gasteiger partial charge on any atom is 0.234 e. The summed E-state index contributed by atoms with van der Waals surface area (Å²) in [5.74, 6) is 1.07. The van der Waals surface area contributed by atoms with E-state index < -0.39 is 0 Å². The number of anilines is 1. The Morgan fingerprint density at radius 3 is 2.55 bits per heavy atom. The van der Waals surface area contributed by atoms with Gasteiger partial charge < -0.3 is 10.1 Å². The van der Waals surface area contributed by atoms with Gasteiger partial charge in [-0.05, 0) is 36.4 Å². The molecule has 8 heteroatoms. The second-order valence-corrected chi connectivity index (χ2v) is 7.88. The molecule has 1 aromatic heterocycles. The van der Waals surface area contributed by atoms with Crippen LogP contribution in [-0.4, -0.2) is 26.4 Å². The summed E-state index contributed by atoms with van der Waals surface area (Å²) < 4.78 is 21.9. The first-order valence-electron chi connectivity index (χ1n) is 10.2. The van der Waals surface area contributed by atoms with Crippen molar-refractivity contribution in [2.75, 3.05) is 11.1 Å². The number of benzene rings is 3. The maximum atomic E-state index is 14.3. The van der Waals surface area contributed by atoms with E-state index in [0.29, 0.717) is 40.3 Å². The van der Waals surface area contributed by atoms with E-state index in [2.05, 4.69) is 22.1 Å². The molecule has 0 radical (unpaired) electrons. The van der Waals surface area contributed by atoms with Crippen molar-refractivity contribution >= 4 is 23.4 Å². The zero-order valence-electron chi connectivity index (χ0n) is 17.6. The van der Waals surface area contributed by atoms with Crippen molar-refractivity contribution in [3.8, 4) is 22.9 Å². The Hall–Kier alpha value is -3.91. The predicted molar refractivity (Wildman–Crippen MR) is 128 cm³/mol. The van der Waals surface area contributed by atoms with Crippen molar-refractivity contribution in [2.24, 2.45) is 0 Å². The molecule has 0 atom stereocenters. The lowest BCUT2D eigenvalue weighted by Gasteiger charge is -2.12. The average Bonchev–Trinajstić information content (AvgIpc) is 3.22. The summed E-state index contributed by atoms with van der Waals surface area (Å²) in [6, 6.07) is 22.9. The predicted octanol–water partition coefficient (Wildman–Crippen LogP) is 5.79. The molecule has 0 saturated heterocycles. The molecule has 0 fully saturated rings. The molecule has 1 heterocycles. The fourth-order valence-corrected chi connectivity index (χ4v) is 3.87. The van der Waals surface area contributed by atoms with Crippen molar-refractivity contribution in [3.05, 3.63) is 97.3 Å². The molecule has 4 rings (SSSR count). The second-order valence-electron chi connectivity index (χ2n) is 6.93. The number of para-hydroxylation sites is 3. The number of rotatable bonds is 9.